The average molecular weight is 308 g/mol. The summed E-state index contributed by atoms with van der Waals surface area (Å²) in [6.07, 6.45) is -5.71. The summed E-state index contributed by atoms with van der Waals surface area (Å²) in [6.45, 7) is 1.75. The summed E-state index contributed by atoms with van der Waals surface area (Å²) in [7, 11) is 0. The maximum absolute atomic E-state index is 12.2. The highest BCUT2D eigenvalue weighted by Gasteiger charge is 2.28. The van der Waals surface area contributed by atoms with Gasteiger partial charge in [0.2, 0.25) is 0 Å². The quantitative estimate of drug-likeness (QED) is 0.648. The second-order valence-corrected chi connectivity index (χ2v) is 5.00. The first-order valence-corrected chi connectivity index (χ1v) is 6.94. The highest BCUT2D eigenvalue weighted by Crippen LogP contribution is 2.30. The minimum atomic E-state index is -4.27. The fraction of sp³-hybridized carbons (Fsp3) is 0.462. The first-order chi connectivity index (χ1) is 9.33. The van der Waals surface area contributed by atoms with Crippen LogP contribution in [0, 0.1) is 0 Å². The number of aliphatic hydroxyl groups is 1. The monoisotopic (exact) mass is 308 g/mol. The predicted molar refractivity (Wildman–Crippen MR) is 69.6 cm³/mol. The van der Waals surface area contributed by atoms with Crippen LogP contribution in [0.4, 0.5) is 13.2 Å². The van der Waals surface area contributed by atoms with Crippen molar-refractivity contribution >= 4 is 17.7 Å². The number of thioether (sulfide) groups is 1. The first kappa shape index (κ1) is 16.8. The van der Waals surface area contributed by atoms with E-state index in [9.17, 15) is 23.1 Å². The van der Waals surface area contributed by atoms with Gasteiger partial charge in [-0.15, -0.1) is 11.8 Å². The number of hydrogen-bond donors (Lipinski definition) is 1. The molecule has 1 atom stereocenters. The third kappa shape index (κ3) is 5.83. The molecule has 1 rings (SSSR count). The molecule has 112 valence electrons. The molecule has 0 unspecified atom stereocenters. The summed E-state index contributed by atoms with van der Waals surface area (Å²) < 4.78 is 41.3. The van der Waals surface area contributed by atoms with Gasteiger partial charge in [-0.05, 0) is 18.6 Å². The molecular weight excluding hydrogens is 293 g/mol. The standard InChI is InChI=1S/C13H15F3O3S/c1-2-19-12(18)10(17)7-9-5-3-4-6-11(9)20-8-13(14,15)16/h3-6,10,17H,2,7-8H2,1H3/t10-/m1/s1. The lowest BCUT2D eigenvalue weighted by Crippen LogP contribution is -2.25. The Balaban J connectivity index is 2.72. The zero-order valence-corrected chi connectivity index (χ0v) is 11.6. The Morgan fingerprint density at radius 2 is 2.05 bits per heavy atom. The Hall–Kier alpha value is -1.21. The molecule has 0 bridgehead atoms. The zero-order chi connectivity index (χ0) is 15.2. The van der Waals surface area contributed by atoms with Crippen molar-refractivity contribution in [1.82, 2.24) is 0 Å². The lowest BCUT2D eigenvalue weighted by atomic mass is 10.1. The van der Waals surface area contributed by atoms with Crippen LogP contribution in [0.3, 0.4) is 0 Å². The largest absolute Gasteiger partial charge is 0.464 e. The lowest BCUT2D eigenvalue weighted by molar-refractivity contribution is -0.152. The van der Waals surface area contributed by atoms with Crippen LogP contribution in [0.2, 0.25) is 0 Å². The summed E-state index contributed by atoms with van der Waals surface area (Å²) in [5, 5.41) is 9.65. The second-order valence-electron chi connectivity index (χ2n) is 3.98. The van der Waals surface area contributed by atoms with Crippen molar-refractivity contribution < 1.29 is 27.8 Å². The van der Waals surface area contributed by atoms with Crippen LogP contribution < -0.4 is 0 Å². The van der Waals surface area contributed by atoms with Crippen molar-refractivity contribution in [2.24, 2.45) is 0 Å². The van der Waals surface area contributed by atoms with E-state index in [1.807, 2.05) is 0 Å². The number of esters is 1. The summed E-state index contributed by atoms with van der Waals surface area (Å²) >= 11 is 0.633. The van der Waals surface area contributed by atoms with Gasteiger partial charge in [0.05, 0.1) is 12.4 Å². The van der Waals surface area contributed by atoms with Crippen LogP contribution in [0.1, 0.15) is 12.5 Å². The van der Waals surface area contributed by atoms with E-state index in [-0.39, 0.29) is 13.0 Å². The van der Waals surface area contributed by atoms with Gasteiger partial charge >= 0.3 is 12.1 Å². The minimum Gasteiger partial charge on any atom is -0.464 e. The molecule has 0 aliphatic carbocycles. The Bertz CT molecular complexity index is 449. The average Bonchev–Trinajstić information content (AvgIpc) is 2.37. The SMILES string of the molecule is CCOC(=O)[C@H](O)Cc1ccccc1SCC(F)(F)F. The van der Waals surface area contributed by atoms with Gasteiger partial charge in [-0.1, -0.05) is 18.2 Å². The summed E-state index contributed by atoms with van der Waals surface area (Å²) in [4.78, 5) is 11.7. The van der Waals surface area contributed by atoms with Gasteiger partial charge in [0, 0.05) is 11.3 Å². The highest BCUT2D eigenvalue weighted by molar-refractivity contribution is 7.99. The minimum absolute atomic E-state index is 0.0696. The third-order valence-electron chi connectivity index (χ3n) is 2.34. The molecule has 0 saturated heterocycles. The van der Waals surface area contributed by atoms with E-state index in [1.54, 1.807) is 25.1 Å². The molecule has 1 aromatic carbocycles. The maximum Gasteiger partial charge on any atom is 0.398 e. The van der Waals surface area contributed by atoms with Gasteiger partial charge in [0.25, 0.3) is 0 Å². The van der Waals surface area contributed by atoms with E-state index < -0.39 is 24.0 Å². The molecular formula is C13H15F3O3S. The number of aliphatic hydroxyl groups excluding tert-OH is 1. The van der Waals surface area contributed by atoms with Crippen molar-refractivity contribution in [2.45, 2.75) is 30.5 Å². The molecule has 1 aromatic rings. The molecule has 0 radical (unpaired) electrons. The van der Waals surface area contributed by atoms with Gasteiger partial charge in [-0.2, -0.15) is 13.2 Å². The van der Waals surface area contributed by atoms with Crippen LogP contribution in [0.5, 0.6) is 0 Å². The van der Waals surface area contributed by atoms with Crippen molar-refractivity contribution in [3.63, 3.8) is 0 Å². The van der Waals surface area contributed by atoms with Crippen molar-refractivity contribution in [1.29, 1.82) is 0 Å². The van der Waals surface area contributed by atoms with Crippen LogP contribution in [0.25, 0.3) is 0 Å². The predicted octanol–water partition coefficient (Wildman–Crippen LogP) is 2.81. The topological polar surface area (TPSA) is 46.5 Å². The van der Waals surface area contributed by atoms with Crippen LogP contribution >= 0.6 is 11.8 Å². The van der Waals surface area contributed by atoms with Gasteiger partial charge in [0.1, 0.15) is 0 Å². The molecule has 0 spiro atoms. The molecule has 3 nitrogen and oxygen atoms in total. The number of ether oxygens (including phenoxy) is 1. The molecule has 1 N–H and O–H groups in total. The van der Waals surface area contributed by atoms with E-state index in [2.05, 4.69) is 4.74 Å². The molecule has 20 heavy (non-hydrogen) atoms. The number of hydrogen-bond acceptors (Lipinski definition) is 4. The van der Waals surface area contributed by atoms with Crippen molar-refractivity contribution in [2.75, 3.05) is 12.4 Å². The number of alkyl halides is 3. The number of rotatable bonds is 6. The molecule has 0 saturated carbocycles. The molecule has 7 heteroatoms. The van der Waals surface area contributed by atoms with Crippen LogP contribution in [-0.2, 0) is 16.0 Å². The van der Waals surface area contributed by atoms with E-state index >= 15 is 0 Å². The summed E-state index contributed by atoms with van der Waals surface area (Å²) in [6, 6.07) is 6.37. The first-order valence-electron chi connectivity index (χ1n) is 5.95. The van der Waals surface area contributed by atoms with E-state index in [0.29, 0.717) is 22.2 Å². The van der Waals surface area contributed by atoms with Crippen molar-refractivity contribution in [3.05, 3.63) is 29.8 Å². The fourth-order valence-corrected chi connectivity index (χ4v) is 2.33. The van der Waals surface area contributed by atoms with E-state index in [1.165, 1.54) is 6.07 Å². The summed E-state index contributed by atoms with van der Waals surface area (Å²) in [5.41, 5.74) is 0.488. The molecule has 0 aromatic heterocycles. The Morgan fingerprint density at radius 3 is 2.65 bits per heavy atom. The number of halogens is 3. The van der Waals surface area contributed by atoms with Crippen LogP contribution in [-0.4, -0.2) is 35.7 Å². The maximum atomic E-state index is 12.2. The van der Waals surface area contributed by atoms with Crippen molar-refractivity contribution in [3.8, 4) is 0 Å². The Labute approximate surface area is 119 Å². The van der Waals surface area contributed by atoms with Gasteiger partial charge < -0.3 is 9.84 Å². The van der Waals surface area contributed by atoms with E-state index in [0.717, 1.165) is 0 Å². The number of carbonyl (C=O) groups is 1. The molecule has 0 fully saturated rings. The van der Waals surface area contributed by atoms with Crippen LogP contribution in [0.15, 0.2) is 29.2 Å². The summed E-state index contributed by atoms with van der Waals surface area (Å²) in [5.74, 6) is -1.79. The normalized spacial score (nSPS) is 13.1. The van der Waals surface area contributed by atoms with Gasteiger partial charge in [-0.25, -0.2) is 4.79 Å². The molecule has 0 amide bonds. The fourth-order valence-electron chi connectivity index (χ4n) is 1.50. The molecule has 0 aliphatic heterocycles. The lowest BCUT2D eigenvalue weighted by Gasteiger charge is -2.13. The zero-order valence-electron chi connectivity index (χ0n) is 10.8. The van der Waals surface area contributed by atoms with Gasteiger partial charge in [-0.3, -0.25) is 0 Å². The third-order valence-corrected chi connectivity index (χ3v) is 3.52. The number of benzene rings is 1. The Morgan fingerprint density at radius 1 is 1.40 bits per heavy atom. The number of carbonyl (C=O) groups excluding carboxylic acids is 1. The highest BCUT2D eigenvalue weighted by atomic mass is 32.2. The second kappa shape index (κ2) is 7.54. The van der Waals surface area contributed by atoms with Gasteiger partial charge in [0.15, 0.2) is 6.10 Å². The Kier molecular flexibility index (Phi) is 6.35. The molecule has 0 heterocycles. The van der Waals surface area contributed by atoms with E-state index in [4.69, 9.17) is 0 Å². The smallest absolute Gasteiger partial charge is 0.398 e. The molecule has 0 aliphatic rings.